The molecule has 2 rings (SSSR count). The van der Waals surface area contributed by atoms with Gasteiger partial charge >= 0.3 is 0 Å². The van der Waals surface area contributed by atoms with Crippen molar-refractivity contribution < 1.29 is 0 Å². The van der Waals surface area contributed by atoms with Crippen LogP contribution in [0.3, 0.4) is 0 Å². The average molecular weight is 210 g/mol. The van der Waals surface area contributed by atoms with E-state index in [1.807, 2.05) is 0 Å². The molecule has 0 aromatic rings. The SMILES string of the molecule is CC1(C)CCC1NCC1CCCC(N)C1. The highest BCUT2D eigenvalue weighted by molar-refractivity contribution is 4.94. The minimum atomic E-state index is 0.472. The van der Waals surface area contributed by atoms with E-state index in [4.69, 9.17) is 5.73 Å². The molecule has 0 saturated heterocycles. The molecule has 0 bridgehead atoms. The van der Waals surface area contributed by atoms with E-state index < -0.39 is 0 Å². The molecule has 0 aromatic heterocycles. The summed E-state index contributed by atoms with van der Waals surface area (Å²) < 4.78 is 0. The number of hydrogen-bond donors (Lipinski definition) is 2. The van der Waals surface area contributed by atoms with E-state index >= 15 is 0 Å². The molecule has 3 N–H and O–H groups in total. The van der Waals surface area contributed by atoms with Gasteiger partial charge in [-0.2, -0.15) is 0 Å². The smallest absolute Gasteiger partial charge is 0.0119 e. The summed E-state index contributed by atoms with van der Waals surface area (Å²) in [5, 5.41) is 3.74. The first-order valence-electron chi connectivity index (χ1n) is 6.57. The zero-order chi connectivity index (χ0) is 10.9. The summed E-state index contributed by atoms with van der Waals surface area (Å²) >= 11 is 0. The molecule has 15 heavy (non-hydrogen) atoms. The van der Waals surface area contributed by atoms with Crippen molar-refractivity contribution >= 4 is 0 Å². The molecule has 2 saturated carbocycles. The zero-order valence-corrected chi connectivity index (χ0v) is 10.3. The van der Waals surface area contributed by atoms with Gasteiger partial charge in [-0.15, -0.1) is 0 Å². The van der Waals surface area contributed by atoms with Crippen molar-refractivity contribution in [2.24, 2.45) is 17.1 Å². The van der Waals surface area contributed by atoms with E-state index in [2.05, 4.69) is 19.2 Å². The maximum absolute atomic E-state index is 6.00. The third kappa shape index (κ3) is 2.73. The summed E-state index contributed by atoms with van der Waals surface area (Å²) in [5.41, 5.74) is 6.54. The molecule has 0 heterocycles. The molecule has 3 atom stereocenters. The minimum Gasteiger partial charge on any atom is -0.328 e. The van der Waals surface area contributed by atoms with Crippen LogP contribution in [-0.4, -0.2) is 18.6 Å². The number of rotatable bonds is 3. The Morgan fingerprint density at radius 1 is 1.27 bits per heavy atom. The molecule has 88 valence electrons. The summed E-state index contributed by atoms with van der Waals surface area (Å²) in [4.78, 5) is 0. The highest BCUT2D eigenvalue weighted by atomic mass is 15.0. The average Bonchev–Trinajstić information content (AvgIpc) is 2.16. The number of nitrogens with one attached hydrogen (secondary N) is 1. The Balaban J connectivity index is 1.69. The lowest BCUT2D eigenvalue weighted by atomic mass is 9.67. The van der Waals surface area contributed by atoms with Crippen molar-refractivity contribution in [2.45, 2.75) is 64.5 Å². The largest absolute Gasteiger partial charge is 0.328 e. The maximum atomic E-state index is 6.00. The first kappa shape index (κ1) is 11.4. The van der Waals surface area contributed by atoms with Crippen LogP contribution in [0.1, 0.15) is 52.4 Å². The van der Waals surface area contributed by atoms with Crippen LogP contribution in [0.5, 0.6) is 0 Å². The van der Waals surface area contributed by atoms with Gasteiger partial charge in [0.2, 0.25) is 0 Å². The molecule has 0 aromatic carbocycles. The molecular formula is C13H26N2. The van der Waals surface area contributed by atoms with Crippen LogP contribution in [-0.2, 0) is 0 Å². The lowest BCUT2D eigenvalue weighted by molar-refractivity contribution is 0.102. The standard InChI is InChI=1S/C13H26N2/c1-13(2)7-6-12(13)15-9-10-4-3-5-11(14)8-10/h10-12,15H,3-9,14H2,1-2H3. The minimum absolute atomic E-state index is 0.472. The molecule has 2 aliphatic rings. The topological polar surface area (TPSA) is 38.0 Å². The molecule has 0 spiro atoms. The van der Waals surface area contributed by atoms with E-state index in [1.165, 1.54) is 45.1 Å². The molecule has 0 amide bonds. The highest BCUT2D eigenvalue weighted by Crippen LogP contribution is 2.40. The second kappa shape index (κ2) is 4.42. The first-order chi connectivity index (χ1) is 7.08. The summed E-state index contributed by atoms with van der Waals surface area (Å²) in [6.07, 6.45) is 7.95. The second-order valence-electron chi connectivity index (χ2n) is 6.28. The van der Waals surface area contributed by atoms with Crippen LogP contribution in [0, 0.1) is 11.3 Å². The molecule has 2 fully saturated rings. The Labute approximate surface area is 94.0 Å². The van der Waals surface area contributed by atoms with Gasteiger partial charge in [0.15, 0.2) is 0 Å². The Morgan fingerprint density at radius 2 is 2.07 bits per heavy atom. The van der Waals surface area contributed by atoms with Crippen LogP contribution in [0.2, 0.25) is 0 Å². The Bertz CT molecular complexity index is 213. The molecular weight excluding hydrogens is 184 g/mol. The van der Waals surface area contributed by atoms with Crippen LogP contribution >= 0.6 is 0 Å². The second-order valence-corrected chi connectivity index (χ2v) is 6.28. The van der Waals surface area contributed by atoms with Crippen LogP contribution in [0.15, 0.2) is 0 Å². The zero-order valence-electron chi connectivity index (χ0n) is 10.3. The van der Waals surface area contributed by atoms with Crippen molar-refractivity contribution in [1.82, 2.24) is 5.32 Å². The van der Waals surface area contributed by atoms with E-state index in [9.17, 15) is 0 Å². The van der Waals surface area contributed by atoms with Crippen molar-refractivity contribution in [3.8, 4) is 0 Å². The summed E-state index contributed by atoms with van der Waals surface area (Å²) in [7, 11) is 0. The molecule has 2 nitrogen and oxygen atoms in total. The van der Waals surface area contributed by atoms with Gasteiger partial charge < -0.3 is 11.1 Å². The first-order valence-corrected chi connectivity index (χ1v) is 6.57. The normalized spacial score (nSPS) is 39.8. The van der Waals surface area contributed by atoms with Gasteiger partial charge in [0.05, 0.1) is 0 Å². The fourth-order valence-corrected chi connectivity index (χ4v) is 3.07. The quantitative estimate of drug-likeness (QED) is 0.750. The number of hydrogen-bond acceptors (Lipinski definition) is 2. The molecule has 0 aliphatic heterocycles. The highest BCUT2D eigenvalue weighted by Gasteiger charge is 2.38. The van der Waals surface area contributed by atoms with Crippen molar-refractivity contribution in [1.29, 1.82) is 0 Å². The van der Waals surface area contributed by atoms with Crippen LogP contribution in [0.25, 0.3) is 0 Å². The third-order valence-electron chi connectivity index (χ3n) is 4.50. The van der Waals surface area contributed by atoms with E-state index in [-0.39, 0.29) is 0 Å². The maximum Gasteiger partial charge on any atom is 0.0119 e. The van der Waals surface area contributed by atoms with Gasteiger partial charge in [-0.1, -0.05) is 20.3 Å². The van der Waals surface area contributed by atoms with Gasteiger partial charge in [-0.05, 0) is 50.0 Å². The fourth-order valence-electron chi connectivity index (χ4n) is 3.07. The molecule has 3 unspecified atom stereocenters. The van der Waals surface area contributed by atoms with E-state index in [0.29, 0.717) is 11.5 Å². The fraction of sp³-hybridized carbons (Fsp3) is 1.00. The Hall–Kier alpha value is -0.0800. The van der Waals surface area contributed by atoms with Crippen LogP contribution in [0.4, 0.5) is 0 Å². The molecule has 2 aliphatic carbocycles. The van der Waals surface area contributed by atoms with Gasteiger partial charge in [-0.3, -0.25) is 0 Å². The Kier molecular flexibility index (Phi) is 3.36. The van der Waals surface area contributed by atoms with Gasteiger partial charge in [-0.25, -0.2) is 0 Å². The summed E-state index contributed by atoms with van der Waals surface area (Å²) in [5.74, 6) is 0.838. The van der Waals surface area contributed by atoms with Gasteiger partial charge in [0, 0.05) is 12.1 Å². The predicted molar refractivity (Wildman–Crippen MR) is 64.7 cm³/mol. The van der Waals surface area contributed by atoms with Crippen molar-refractivity contribution in [2.75, 3.05) is 6.54 Å². The monoisotopic (exact) mass is 210 g/mol. The Morgan fingerprint density at radius 3 is 2.60 bits per heavy atom. The van der Waals surface area contributed by atoms with Gasteiger partial charge in [0.1, 0.15) is 0 Å². The van der Waals surface area contributed by atoms with Crippen molar-refractivity contribution in [3.63, 3.8) is 0 Å². The van der Waals surface area contributed by atoms with E-state index in [0.717, 1.165) is 12.0 Å². The van der Waals surface area contributed by atoms with Crippen molar-refractivity contribution in [3.05, 3.63) is 0 Å². The van der Waals surface area contributed by atoms with E-state index in [1.54, 1.807) is 0 Å². The predicted octanol–water partition coefficient (Wildman–Crippen LogP) is 2.28. The summed E-state index contributed by atoms with van der Waals surface area (Å²) in [6.45, 7) is 5.95. The number of nitrogens with two attached hydrogens (primary N) is 1. The molecule has 2 heteroatoms. The lowest BCUT2D eigenvalue weighted by Gasteiger charge is -2.46. The third-order valence-corrected chi connectivity index (χ3v) is 4.50. The van der Waals surface area contributed by atoms with Gasteiger partial charge in [0.25, 0.3) is 0 Å². The molecule has 0 radical (unpaired) electrons. The van der Waals surface area contributed by atoms with Crippen LogP contribution < -0.4 is 11.1 Å². The summed E-state index contributed by atoms with van der Waals surface area (Å²) in [6, 6.07) is 1.23. The lowest BCUT2D eigenvalue weighted by Crippen LogP contribution is -2.51.